The molecule has 1 nitrogen and oxygen atoms in total. The van der Waals surface area contributed by atoms with E-state index < -0.39 is 5.41 Å². The highest BCUT2D eigenvalue weighted by Crippen LogP contribution is 2.65. The highest BCUT2D eigenvalue weighted by Gasteiger charge is 2.52. The standard InChI is InChI=1S/C69H61N/c1-65(2,3)42-30-36-59-54(38-42)55-39-43(66(4,5)6)31-37-60(55)69(59)58-28-17-13-21-47(58)50-35-33-45(41-62(50)69)70(44-32-34-49-46-20-11-15-26-56(46)67(7,8)61(49)40-44)63-29-18-14-23-51(63)53-25-19-24-52-48-22-12-16-27-57(48)68(9,10)64(52)53/h11-41H,1-10H3. The number of rotatable bonds is 4. The van der Waals surface area contributed by atoms with Gasteiger partial charge in [0.05, 0.1) is 11.1 Å². The van der Waals surface area contributed by atoms with Crippen molar-refractivity contribution in [2.45, 2.75) is 96.3 Å². The fourth-order valence-electron chi connectivity index (χ4n) is 13.5. The van der Waals surface area contributed by atoms with Gasteiger partial charge in [0.15, 0.2) is 0 Å². The molecular formula is C69H61N. The first kappa shape index (κ1) is 42.8. The third-order valence-electron chi connectivity index (χ3n) is 17.0. The monoisotopic (exact) mass is 903 g/mol. The Morgan fingerprint density at radius 2 is 0.700 bits per heavy atom. The average molecular weight is 904 g/mol. The number of fused-ring (bicyclic) bond motifs is 16. The lowest BCUT2D eigenvalue weighted by atomic mass is 9.70. The Bertz CT molecular complexity index is 3630. The topological polar surface area (TPSA) is 3.24 Å². The highest BCUT2D eigenvalue weighted by atomic mass is 15.1. The SMILES string of the molecule is CC(C)(C)c1ccc2c(c1)-c1cc(C(C)(C)C)ccc1C21c2ccccc2-c2ccc(N(c3ccc4c(c3)C(C)(C)c3ccccc3-4)c3ccccc3-c3cccc4c3C(C)(C)c3ccccc3-4)cc21. The summed E-state index contributed by atoms with van der Waals surface area (Å²) in [6, 6.07) is 72.9. The van der Waals surface area contributed by atoms with Crippen LogP contribution in [0, 0.1) is 0 Å². The van der Waals surface area contributed by atoms with Crippen molar-refractivity contribution in [1.82, 2.24) is 0 Å². The van der Waals surface area contributed by atoms with Gasteiger partial charge in [0.1, 0.15) is 0 Å². The summed E-state index contributed by atoms with van der Waals surface area (Å²) in [7, 11) is 0. The van der Waals surface area contributed by atoms with E-state index in [2.05, 4.69) is 262 Å². The van der Waals surface area contributed by atoms with Crippen molar-refractivity contribution in [3.05, 3.63) is 244 Å². The molecule has 0 atom stereocenters. The van der Waals surface area contributed by atoms with E-state index in [9.17, 15) is 0 Å². The van der Waals surface area contributed by atoms with Crippen molar-refractivity contribution in [2.24, 2.45) is 0 Å². The van der Waals surface area contributed by atoms with Crippen LogP contribution in [0.4, 0.5) is 17.1 Å². The van der Waals surface area contributed by atoms with Gasteiger partial charge in [-0.15, -0.1) is 0 Å². The molecule has 1 spiro atoms. The van der Waals surface area contributed by atoms with E-state index in [0.717, 1.165) is 17.1 Å². The second kappa shape index (κ2) is 14.4. The predicted octanol–water partition coefficient (Wildman–Crippen LogP) is 18.4. The molecule has 0 unspecified atom stereocenters. The summed E-state index contributed by atoms with van der Waals surface area (Å²) >= 11 is 0. The lowest BCUT2D eigenvalue weighted by Gasteiger charge is -2.34. The lowest BCUT2D eigenvalue weighted by molar-refractivity contribution is 0.589. The third kappa shape index (κ3) is 5.73. The van der Waals surface area contributed by atoms with Crippen LogP contribution in [-0.2, 0) is 27.1 Å². The van der Waals surface area contributed by atoms with E-state index in [1.807, 2.05) is 0 Å². The van der Waals surface area contributed by atoms with E-state index >= 15 is 0 Å². The van der Waals surface area contributed by atoms with E-state index in [1.54, 1.807) is 0 Å². The predicted molar refractivity (Wildman–Crippen MR) is 295 cm³/mol. The summed E-state index contributed by atoms with van der Waals surface area (Å²) in [6.07, 6.45) is 0. The first-order valence-corrected chi connectivity index (χ1v) is 25.4. The Morgan fingerprint density at radius 3 is 1.27 bits per heavy atom. The quantitative estimate of drug-likeness (QED) is 0.170. The van der Waals surface area contributed by atoms with Crippen LogP contribution < -0.4 is 4.90 Å². The van der Waals surface area contributed by atoms with E-state index in [4.69, 9.17) is 0 Å². The zero-order valence-electron chi connectivity index (χ0n) is 42.3. The average Bonchev–Trinajstić information content (AvgIpc) is 3.98. The van der Waals surface area contributed by atoms with Crippen LogP contribution in [0.3, 0.4) is 0 Å². The first-order valence-electron chi connectivity index (χ1n) is 25.4. The van der Waals surface area contributed by atoms with Crippen LogP contribution in [0.1, 0.15) is 125 Å². The number of anilines is 3. The minimum Gasteiger partial charge on any atom is -0.310 e. The van der Waals surface area contributed by atoms with E-state index in [0.29, 0.717) is 0 Å². The minimum absolute atomic E-state index is 0.00179. The van der Waals surface area contributed by atoms with Gasteiger partial charge < -0.3 is 4.90 Å². The summed E-state index contributed by atoms with van der Waals surface area (Å²) in [5.74, 6) is 0. The van der Waals surface area contributed by atoms with Gasteiger partial charge in [-0.3, -0.25) is 0 Å². The van der Waals surface area contributed by atoms with Gasteiger partial charge >= 0.3 is 0 Å². The Balaban J connectivity index is 1.09. The lowest BCUT2D eigenvalue weighted by Crippen LogP contribution is -2.26. The van der Waals surface area contributed by atoms with E-state index in [-0.39, 0.29) is 21.7 Å². The molecule has 0 radical (unpaired) electrons. The van der Waals surface area contributed by atoms with Crippen LogP contribution in [0.15, 0.2) is 188 Å². The zero-order chi connectivity index (χ0) is 48.3. The van der Waals surface area contributed by atoms with Crippen molar-refractivity contribution in [3.63, 3.8) is 0 Å². The molecule has 0 N–H and O–H groups in total. The number of nitrogens with zero attached hydrogens (tertiary/aromatic N) is 1. The second-order valence-electron chi connectivity index (χ2n) is 23.7. The van der Waals surface area contributed by atoms with Gasteiger partial charge in [0.2, 0.25) is 0 Å². The molecule has 0 fully saturated rings. The minimum atomic E-state index is -0.512. The summed E-state index contributed by atoms with van der Waals surface area (Å²) in [5.41, 5.74) is 29.4. The molecule has 342 valence electrons. The van der Waals surface area contributed by atoms with Crippen molar-refractivity contribution in [3.8, 4) is 55.6 Å². The molecule has 70 heavy (non-hydrogen) atoms. The largest absolute Gasteiger partial charge is 0.310 e. The maximum absolute atomic E-state index is 2.59. The maximum Gasteiger partial charge on any atom is 0.0726 e. The number of benzene rings is 9. The molecule has 0 saturated carbocycles. The van der Waals surface area contributed by atoms with Gasteiger partial charge in [-0.25, -0.2) is 0 Å². The highest BCUT2D eigenvalue weighted by molar-refractivity contribution is 5.99. The third-order valence-corrected chi connectivity index (χ3v) is 17.0. The smallest absolute Gasteiger partial charge is 0.0726 e. The summed E-state index contributed by atoms with van der Waals surface area (Å²) in [4.78, 5) is 2.59. The molecule has 4 aliphatic carbocycles. The molecule has 0 amide bonds. The second-order valence-corrected chi connectivity index (χ2v) is 23.7. The fraction of sp³-hybridized carbons (Fsp3) is 0.217. The molecule has 9 aromatic rings. The van der Waals surface area contributed by atoms with Crippen LogP contribution in [0.25, 0.3) is 55.6 Å². The Hall–Kier alpha value is -7.22. The molecule has 1 heteroatoms. The van der Waals surface area contributed by atoms with E-state index in [1.165, 1.54) is 111 Å². The molecule has 0 heterocycles. The molecule has 4 aliphatic rings. The van der Waals surface area contributed by atoms with Gasteiger partial charge in [-0.2, -0.15) is 0 Å². The summed E-state index contributed by atoms with van der Waals surface area (Å²) < 4.78 is 0. The van der Waals surface area contributed by atoms with Gasteiger partial charge in [-0.05, 0) is 147 Å². The van der Waals surface area contributed by atoms with Crippen LogP contribution in [0.5, 0.6) is 0 Å². The molecule has 0 aromatic heterocycles. The molecule has 0 aliphatic heterocycles. The normalized spacial score (nSPS) is 15.6. The van der Waals surface area contributed by atoms with Crippen molar-refractivity contribution in [1.29, 1.82) is 0 Å². The van der Waals surface area contributed by atoms with Gasteiger partial charge in [0.25, 0.3) is 0 Å². The Labute approximate surface area is 415 Å². The number of para-hydroxylation sites is 1. The molecule has 0 bridgehead atoms. The van der Waals surface area contributed by atoms with Crippen molar-refractivity contribution >= 4 is 17.1 Å². The van der Waals surface area contributed by atoms with Crippen molar-refractivity contribution in [2.75, 3.05) is 4.90 Å². The van der Waals surface area contributed by atoms with Crippen LogP contribution in [0.2, 0.25) is 0 Å². The Morgan fingerprint density at radius 1 is 0.300 bits per heavy atom. The molecular weight excluding hydrogens is 843 g/mol. The molecule has 13 rings (SSSR count). The van der Waals surface area contributed by atoms with Gasteiger partial charge in [-0.1, -0.05) is 227 Å². The maximum atomic E-state index is 2.59. The summed E-state index contributed by atoms with van der Waals surface area (Å²) in [6.45, 7) is 23.7. The molecule has 9 aromatic carbocycles. The van der Waals surface area contributed by atoms with Gasteiger partial charge in [0, 0.05) is 27.8 Å². The fourth-order valence-corrected chi connectivity index (χ4v) is 13.5. The number of hydrogen-bond acceptors (Lipinski definition) is 1. The molecule has 0 saturated heterocycles. The number of hydrogen-bond donors (Lipinski definition) is 0. The van der Waals surface area contributed by atoms with Crippen LogP contribution in [-0.4, -0.2) is 0 Å². The summed E-state index contributed by atoms with van der Waals surface area (Å²) in [5, 5.41) is 0. The van der Waals surface area contributed by atoms with Crippen LogP contribution >= 0.6 is 0 Å². The van der Waals surface area contributed by atoms with Crippen molar-refractivity contribution < 1.29 is 0 Å². The Kier molecular flexibility index (Phi) is 8.83. The zero-order valence-corrected chi connectivity index (χ0v) is 42.3. The first-order chi connectivity index (χ1) is 33.5.